The van der Waals surface area contributed by atoms with Crippen LogP contribution in [-0.2, 0) is 6.42 Å². The number of methoxy groups -OCH3 is 2. The second-order valence-electron chi connectivity index (χ2n) is 6.68. The van der Waals surface area contributed by atoms with Gasteiger partial charge in [-0.3, -0.25) is 0 Å². The molecule has 3 rings (SSSR count). The van der Waals surface area contributed by atoms with Crippen LogP contribution in [0.1, 0.15) is 18.4 Å². The van der Waals surface area contributed by atoms with Crippen molar-refractivity contribution >= 4 is 17.4 Å². The quantitative estimate of drug-likeness (QED) is 0.758. The first-order valence-corrected chi connectivity index (χ1v) is 9.41. The summed E-state index contributed by atoms with van der Waals surface area (Å²) in [7, 11) is 3.17. The van der Waals surface area contributed by atoms with Crippen molar-refractivity contribution in [3.63, 3.8) is 0 Å². The molecule has 1 saturated heterocycles. The number of hydrogen-bond donors (Lipinski definition) is 2. The molecule has 150 valence electrons. The number of carbonyl (C=O) groups is 1. The van der Waals surface area contributed by atoms with Crippen LogP contribution in [0.3, 0.4) is 0 Å². The van der Waals surface area contributed by atoms with Crippen LogP contribution in [0.4, 0.5) is 20.6 Å². The Morgan fingerprint density at radius 1 is 1.07 bits per heavy atom. The molecule has 1 aliphatic rings. The van der Waals surface area contributed by atoms with Crippen molar-refractivity contribution < 1.29 is 18.7 Å². The summed E-state index contributed by atoms with van der Waals surface area (Å²) in [5, 5.41) is 5.45. The summed E-state index contributed by atoms with van der Waals surface area (Å²) in [5.41, 5.74) is 2.04. The van der Waals surface area contributed by atoms with Gasteiger partial charge in [0.2, 0.25) is 0 Å². The average Bonchev–Trinajstić information content (AvgIpc) is 3.22. The summed E-state index contributed by atoms with van der Waals surface area (Å²) < 4.78 is 24.8. The first-order valence-electron chi connectivity index (χ1n) is 9.41. The van der Waals surface area contributed by atoms with Gasteiger partial charge in [-0.1, -0.05) is 6.07 Å². The summed E-state index contributed by atoms with van der Waals surface area (Å²) in [6.07, 6.45) is 2.81. The van der Waals surface area contributed by atoms with Crippen LogP contribution in [0.5, 0.6) is 11.5 Å². The van der Waals surface area contributed by atoms with Gasteiger partial charge in [0, 0.05) is 25.3 Å². The van der Waals surface area contributed by atoms with E-state index in [1.165, 1.54) is 6.07 Å². The number of hydrogen-bond acceptors (Lipinski definition) is 4. The van der Waals surface area contributed by atoms with E-state index in [0.29, 0.717) is 35.8 Å². The van der Waals surface area contributed by atoms with Gasteiger partial charge in [0.25, 0.3) is 0 Å². The lowest BCUT2D eigenvalue weighted by Crippen LogP contribution is -2.30. The lowest BCUT2D eigenvalue weighted by atomic mass is 10.1. The zero-order valence-corrected chi connectivity index (χ0v) is 16.3. The molecule has 2 amide bonds. The number of halogens is 1. The van der Waals surface area contributed by atoms with E-state index in [4.69, 9.17) is 9.47 Å². The smallest absolute Gasteiger partial charge is 0.319 e. The SMILES string of the molecule is COc1ccc(CCNC(=O)Nc2ccc(N3CCCC3)c(F)c2)cc1OC. The molecule has 0 aliphatic carbocycles. The normalized spacial score (nSPS) is 13.3. The number of nitrogens with zero attached hydrogens (tertiary/aromatic N) is 1. The van der Waals surface area contributed by atoms with Crippen LogP contribution in [-0.4, -0.2) is 39.9 Å². The molecule has 0 unspecified atom stereocenters. The summed E-state index contributed by atoms with van der Waals surface area (Å²) >= 11 is 0. The van der Waals surface area contributed by atoms with Crippen molar-refractivity contribution in [1.29, 1.82) is 0 Å². The van der Waals surface area contributed by atoms with E-state index in [2.05, 4.69) is 10.6 Å². The maximum absolute atomic E-state index is 14.3. The van der Waals surface area contributed by atoms with Gasteiger partial charge in [-0.2, -0.15) is 0 Å². The highest BCUT2D eigenvalue weighted by molar-refractivity contribution is 5.89. The monoisotopic (exact) mass is 387 g/mol. The maximum atomic E-state index is 14.3. The zero-order valence-electron chi connectivity index (χ0n) is 16.3. The molecule has 0 bridgehead atoms. The number of rotatable bonds is 7. The molecule has 1 heterocycles. The van der Waals surface area contributed by atoms with Gasteiger partial charge in [-0.15, -0.1) is 0 Å². The second-order valence-corrected chi connectivity index (χ2v) is 6.68. The Bertz CT molecular complexity index is 823. The Hall–Kier alpha value is -2.96. The Kier molecular flexibility index (Phi) is 6.57. The summed E-state index contributed by atoms with van der Waals surface area (Å²) in [5.74, 6) is 0.999. The van der Waals surface area contributed by atoms with Gasteiger partial charge in [0.15, 0.2) is 11.5 Å². The number of amides is 2. The third-order valence-corrected chi connectivity index (χ3v) is 4.80. The van der Waals surface area contributed by atoms with Crippen LogP contribution in [0.2, 0.25) is 0 Å². The molecule has 0 spiro atoms. The molecule has 0 saturated carbocycles. The maximum Gasteiger partial charge on any atom is 0.319 e. The highest BCUT2D eigenvalue weighted by Gasteiger charge is 2.16. The molecule has 2 N–H and O–H groups in total. The van der Waals surface area contributed by atoms with Gasteiger partial charge in [0.05, 0.1) is 19.9 Å². The molecule has 28 heavy (non-hydrogen) atoms. The first-order chi connectivity index (χ1) is 13.6. The van der Waals surface area contributed by atoms with Crippen molar-refractivity contribution in [3.8, 4) is 11.5 Å². The molecule has 7 heteroatoms. The van der Waals surface area contributed by atoms with Gasteiger partial charge >= 0.3 is 6.03 Å². The molecular weight excluding hydrogens is 361 g/mol. The Labute approximate surface area is 164 Å². The van der Waals surface area contributed by atoms with E-state index in [1.807, 2.05) is 23.1 Å². The van der Waals surface area contributed by atoms with Crippen molar-refractivity contribution in [2.45, 2.75) is 19.3 Å². The fourth-order valence-corrected chi connectivity index (χ4v) is 3.33. The van der Waals surface area contributed by atoms with Gasteiger partial charge < -0.3 is 25.0 Å². The number of urea groups is 1. The minimum atomic E-state index is -0.367. The fraction of sp³-hybridized carbons (Fsp3) is 0.381. The standard InChI is InChI=1S/C21H26FN3O3/c1-27-19-8-5-15(13-20(19)28-2)9-10-23-21(26)24-16-6-7-18(17(22)14-16)25-11-3-4-12-25/h5-8,13-14H,3-4,9-12H2,1-2H3,(H2,23,24,26). The highest BCUT2D eigenvalue weighted by Crippen LogP contribution is 2.28. The lowest BCUT2D eigenvalue weighted by Gasteiger charge is -2.19. The molecule has 1 fully saturated rings. The summed E-state index contributed by atoms with van der Waals surface area (Å²) in [6.45, 7) is 2.19. The van der Waals surface area contributed by atoms with Crippen LogP contribution in [0.25, 0.3) is 0 Å². The van der Waals surface area contributed by atoms with Crippen LogP contribution >= 0.6 is 0 Å². The number of nitrogens with one attached hydrogen (secondary N) is 2. The summed E-state index contributed by atoms with van der Waals surface area (Å²) in [4.78, 5) is 14.1. The third-order valence-electron chi connectivity index (χ3n) is 4.80. The first kappa shape index (κ1) is 19.8. The molecule has 0 radical (unpaired) electrons. The number of benzene rings is 2. The third kappa shape index (κ3) is 4.85. The molecule has 0 atom stereocenters. The Balaban J connectivity index is 1.50. The van der Waals surface area contributed by atoms with Crippen molar-refractivity contribution in [3.05, 3.63) is 47.8 Å². The predicted molar refractivity (Wildman–Crippen MR) is 108 cm³/mol. The van der Waals surface area contributed by atoms with Gasteiger partial charge in [-0.25, -0.2) is 9.18 Å². The minimum Gasteiger partial charge on any atom is -0.493 e. The minimum absolute atomic E-state index is 0.315. The van der Waals surface area contributed by atoms with Crippen molar-refractivity contribution in [1.82, 2.24) is 5.32 Å². The van der Waals surface area contributed by atoms with Gasteiger partial charge in [0.1, 0.15) is 5.82 Å². The van der Waals surface area contributed by atoms with E-state index in [0.717, 1.165) is 31.5 Å². The van der Waals surface area contributed by atoms with E-state index < -0.39 is 0 Å². The van der Waals surface area contributed by atoms with E-state index in [1.54, 1.807) is 26.4 Å². The number of anilines is 2. The fourth-order valence-electron chi connectivity index (χ4n) is 3.33. The van der Waals surface area contributed by atoms with E-state index in [-0.39, 0.29) is 11.8 Å². The van der Waals surface area contributed by atoms with Crippen molar-refractivity contribution in [2.75, 3.05) is 44.1 Å². The number of ether oxygens (including phenoxy) is 2. The predicted octanol–water partition coefficient (Wildman–Crippen LogP) is 3.81. The van der Waals surface area contributed by atoms with Crippen LogP contribution in [0.15, 0.2) is 36.4 Å². The van der Waals surface area contributed by atoms with E-state index >= 15 is 0 Å². The molecular formula is C21H26FN3O3. The Morgan fingerprint density at radius 2 is 1.82 bits per heavy atom. The van der Waals surface area contributed by atoms with Crippen LogP contribution < -0.4 is 25.0 Å². The Morgan fingerprint density at radius 3 is 2.50 bits per heavy atom. The summed E-state index contributed by atoms with van der Waals surface area (Å²) in [6, 6.07) is 10.1. The second kappa shape index (κ2) is 9.30. The number of carbonyl (C=O) groups excluding carboxylic acids is 1. The van der Waals surface area contributed by atoms with E-state index in [9.17, 15) is 9.18 Å². The largest absolute Gasteiger partial charge is 0.493 e. The van der Waals surface area contributed by atoms with Crippen molar-refractivity contribution in [2.24, 2.45) is 0 Å². The van der Waals surface area contributed by atoms with Gasteiger partial charge in [-0.05, 0) is 55.2 Å². The van der Waals surface area contributed by atoms with Crippen LogP contribution in [0, 0.1) is 5.82 Å². The topological polar surface area (TPSA) is 62.8 Å². The highest BCUT2D eigenvalue weighted by atomic mass is 19.1. The molecule has 2 aromatic rings. The average molecular weight is 387 g/mol. The molecule has 2 aromatic carbocycles. The molecule has 6 nitrogen and oxygen atoms in total. The molecule has 1 aliphatic heterocycles. The lowest BCUT2D eigenvalue weighted by molar-refractivity contribution is 0.252. The molecule has 0 aromatic heterocycles. The zero-order chi connectivity index (χ0) is 19.9.